The molecule has 0 atom stereocenters. The van der Waals surface area contributed by atoms with Gasteiger partial charge in [-0.15, -0.1) is 0 Å². The predicted molar refractivity (Wildman–Crippen MR) is 309 cm³/mol. The molecule has 3 heterocycles. The van der Waals surface area contributed by atoms with E-state index >= 15 is 0 Å². The molecule has 4 aromatic carbocycles. The van der Waals surface area contributed by atoms with Gasteiger partial charge in [-0.25, -0.2) is 4.79 Å². The molecule has 1 aromatic heterocycles. The van der Waals surface area contributed by atoms with Crippen molar-refractivity contribution in [3.05, 3.63) is 123 Å². The SMILES string of the molecule is CCOC(=O)CN1CCN(CCNC(=O)c2ccccc2C2c3ccc(N(CC)CC)cc3Oc3cc(N(CC)CC)ccc32)CCN(CC(=O)N(CC)c2cc3oc(=O)cc(C)c3cc2C)CCN(CC(=O)OCC)CC1. The van der Waals surface area contributed by atoms with Gasteiger partial charge in [-0.05, 0) is 103 Å². The molecule has 0 aliphatic carbocycles. The maximum absolute atomic E-state index is 14.7. The number of anilines is 3. The minimum atomic E-state index is -0.449. The van der Waals surface area contributed by atoms with Crippen molar-refractivity contribution < 1.29 is 37.8 Å². The Kier molecular flexibility index (Phi) is 21.3. The van der Waals surface area contributed by atoms with Crippen LogP contribution in [-0.4, -0.2) is 174 Å². The Labute approximate surface area is 461 Å². The van der Waals surface area contributed by atoms with Crippen molar-refractivity contribution in [2.24, 2.45) is 0 Å². The van der Waals surface area contributed by atoms with Crippen LogP contribution in [0.2, 0.25) is 0 Å². The van der Waals surface area contributed by atoms with E-state index in [0.29, 0.717) is 88.8 Å². The van der Waals surface area contributed by atoms with Crippen LogP contribution in [-0.2, 0) is 23.9 Å². The number of esters is 2. The molecule has 2 amide bonds. The fourth-order valence-corrected chi connectivity index (χ4v) is 10.8. The number of ether oxygens (including phenoxy) is 3. The summed E-state index contributed by atoms with van der Waals surface area (Å²) >= 11 is 0. The van der Waals surface area contributed by atoms with Gasteiger partial charge < -0.3 is 38.6 Å². The molecule has 78 heavy (non-hydrogen) atoms. The van der Waals surface area contributed by atoms with E-state index in [-0.39, 0.29) is 62.5 Å². The van der Waals surface area contributed by atoms with E-state index in [9.17, 15) is 24.0 Å². The number of benzene rings is 4. The number of aryl methyl sites for hydroxylation is 2. The second kappa shape index (κ2) is 28.2. The first kappa shape index (κ1) is 58.9. The Balaban J connectivity index is 1.14. The zero-order valence-electron chi connectivity index (χ0n) is 47.5. The lowest BCUT2D eigenvalue weighted by Gasteiger charge is -2.34. The molecule has 2 aliphatic heterocycles. The second-order valence-electron chi connectivity index (χ2n) is 20.0. The molecule has 1 N–H and O–H groups in total. The number of carbonyl (C=O) groups is 4. The monoisotopic (exact) mass is 1070 g/mol. The minimum Gasteiger partial charge on any atom is -0.465 e. The standard InChI is InChI=1S/C61H82N8O9/c1-10-67(11-2)45-21-23-49-53(37-45)77-54-38-46(68(12-3)13-4)22-24-50(54)60(49)47-19-17-18-20-48(47)61(74)62-25-26-63-27-29-64(31-32-66(42-59(73)76-16-7)34-33-65(30-28-63)41-58(72)75-15-6)40-56(70)69(14-5)52-39-55-51(35-44(52)9)43(8)36-57(71)78-55/h17-24,35-39,60H,10-16,25-34,40-42H2,1-9H3,(H,62,74). The van der Waals surface area contributed by atoms with Crippen molar-refractivity contribution in [2.75, 3.05) is 146 Å². The van der Waals surface area contributed by atoms with Crippen LogP contribution in [0.5, 0.6) is 11.5 Å². The third kappa shape index (κ3) is 14.7. The molecule has 0 radical (unpaired) electrons. The van der Waals surface area contributed by atoms with Gasteiger partial charge >= 0.3 is 17.6 Å². The Morgan fingerprint density at radius 2 is 1.10 bits per heavy atom. The molecule has 1 fully saturated rings. The predicted octanol–water partition coefficient (Wildman–Crippen LogP) is 7.52. The van der Waals surface area contributed by atoms with Crippen LogP contribution in [0.1, 0.15) is 92.6 Å². The largest absolute Gasteiger partial charge is 0.465 e. The lowest BCUT2D eigenvalue weighted by molar-refractivity contribution is -0.146. The van der Waals surface area contributed by atoms with Crippen molar-refractivity contribution in [1.82, 2.24) is 24.9 Å². The van der Waals surface area contributed by atoms with Gasteiger partial charge in [0.05, 0.1) is 38.5 Å². The Bertz CT molecular complexity index is 2860. The number of hydrogen-bond donors (Lipinski definition) is 1. The molecule has 2 aliphatic rings. The Hall–Kier alpha value is -6.79. The van der Waals surface area contributed by atoms with Gasteiger partial charge in [0, 0.05) is 162 Å². The maximum Gasteiger partial charge on any atom is 0.336 e. The molecule has 1 saturated heterocycles. The molecule has 0 bridgehead atoms. The third-order valence-corrected chi connectivity index (χ3v) is 15.1. The van der Waals surface area contributed by atoms with E-state index in [1.165, 1.54) is 6.07 Å². The normalized spacial score (nSPS) is 15.0. The average Bonchev–Trinajstić information content (AvgIpc) is 3.51. The zero-order chi connectivity index (χ0) is 55.9. The number of likely N-dealkylation sites (N-methyl/N-ethyl adjacent to an activating group) is 1. The van der Waals surface area contributed by atoms with Gasteiger partial charge in [-0.1, -0.05) is 30.3 Å². The van der Waals surface area contributed by atoms with Gasteiger partial charge in [-0.2, -0.15) is 0 Å². The highest BCUT2D eigenvalue weighted by Crippen LogP contribution is 2.50. The van der Waals surface area contributed by atoms with Crippen molar-refractivity contribution in [3.8, 4) is 11.5 Å². The van der Waals surface area contributed by atoms with Crippen LogP contribution in [0.4, 0.5) is 17.1 Å². The first-order chi connectivity index (χ1) is 37.7. The molecule has 0 spiro atoms. The zero-order valence-corrected chi connectivity index (χ0v) is 47.5. The molecule has 5 aromatic rings. The summed E-state index contributed by atoms with van der Waals surface area (Å²) in [6, 6.07) is 25.9. The number of fused-ring (bicyclic) bond motifs is 3. The summed E-state index contributed by atoms with van der Waals surface area (Å²) in [5.41, 5.74) is 7.92. The van der Waals surface area contributed by atoms with E-state index in [2.05, 4.69) is 93.9 Å². The fraction of sp³-hybridized carbons (Fsp3) is 0.492. The minimum absolute atomic E-state index is 0.0581. The number of nitrogens with zero attached hydrogens (tertiary/aromatic N) is 7. The highest BCUT2D eigenvalue weighted by Gasteiger charge is 2.33. The lowest BCUT2D eigenvalue weighted by atomic mass is 9.80. The van der Waals surface area contributed by atoms with Crippen LogP contribution < -0.4 is 30.4 Å². The van der Waals surface area contributed by atoms with Crippen LogP contribution in [0, 0.1) is 13.8 Å². The van der Waals surface area contributed by atoms with Gasteiger partial charge in [0.25, 0.3) is 5.91 Å². The summed E-state index contributed by atoms with van der Waals surface area (Å²) in [7, 11) is 0. The number of amides is 2. The number of rotatable bonds is 21. The first-order valence-electron chi connectivity index (χ1n) is 28.1. The van der Waals surface area contributed by atoms with E-state index in [1.54, 1.807) is 24.8 Å². The van der Waals surface area contributed by atoms with Crippen molar-refractivity contribution in [3.63, 3.8) is 0 Å². The van der Waals surface area contributed by atoms with E-state index in [0.717, 1.165) is 82.3 Å². The maximum atomic E-state index is 14.7. The summed E-state index contributed by atoms with van der Waals surface area (Å²) < 4.78 is 23.1. The van der Waals surface area contributed by atoms with Gasteiger partial charge in [0.2, 0.25) is 5.91 Å². The molecular formula is C61H82N8O9. The van der Waals surface area contributed by atoms with Crippen molar-refractivity contribution in [2.45, 2.75) is 68.2 Å². The van der Waals surface area contributed by atoms with Gasteiger partial charge in [0.15, 0.2) is 0 Å². The van der Waals surface area contributed by atoms with Gasteiger partial charge in [0.1, 0.15) is 17.1 Å². The summed E-state index contributed by atoms with van der Waals surface area (Å²) in [6.07, 6.45) is 0. The topological polar surface area (TPSA) is 161 Å². The highest BCUT2D eigenvalue weighted by molar-refractivity contribution is 5.98. The summed E-state index contributed by atoms with van der Waals surface area (Å²) in [5, 5.41) is 4.09. The molecule has 17 heteroatoms. The van der Waals surface area contributed by atoms with Gasteiger partial charge in [-0.3, -0.25) is 38.8 Å². The van der Waals surface area contributed by atoms with Crippen LogP contribution in [0.25, 0.3) is 11.0 Å². The third-order valence-electron chi connectivity index (χ3n) is 15.1. The van der Waals surface area contributed by atoms with E-state index < -0.39 is 5.63 Å². The van der Waals surface area contributed by atoms with Crippen LogP contribution in [0.15, 0.2) is 88.1 Å². The Morgan fingerprint density at radius 3 is 1.62 bits per heavy atom. The number of carbonyl (C=O) groups excluding carboxylic acids is 4. The quantitative estimate of drug-likeness (QED) is 0.0557. The molecule has 17 nitrogen and oxygen atoms in total. The molecule has 7 rings (SSSR count). The van der Waals surface area contributed by atoms with Crippen molar-refractivity contribution >= 4 is 51.8 Å². The fourth-order valence-electron chi connectivity index (χ4n) is 10.8. The van der Waals surface area contributed by atoms with E-state index in [4.69, 9.17) is 18.6 Å². The molecule has 0 saturated carbocycles. The van der Waals surface area contributed by atoms with Crippen LogP contribution >= 0.6 is 0 Å². The first-order valence-corrected chi connectivity index (χ1v) is 28.1. The van der Waals surface area contributed by atoms with Crippen molar-refractivity contribution in [1.29, 1.82) is 0 Å². The van der Waals surface area contributed by atoms with E-state index in [1.807, 2.05) is 56.0 Å². The van der Waals surface area contributed by atoms with Crippen LogP contribution in [0.3, 0.4) is 0 Å². The lowest BCUT2D eigenvalue weighted by Crippen LogP contribution is -2.50. The average molecular weight is 1070 g/mol. The number of nitrogens with one attached hydrogen (secondary N) is 1. The summed E-state index contributed by atoms with van der Waals surface area (Å²) in [5.74, 6) is 0.284. The molecule has 0 unspecified atom stereocenters. The second-order valence-corrected chi connectivity index (χ2v) is 20.0. The Morgan fingerprint density at radius 1 is 0.590 bits per heavy atom. The summed E-state index contributed by atoms with van der Waals surface area (Å²) in [6.45, 7) is 27.2. The molecule has 420 valence electrons. The summed E-state index contributed by atoms with van der Waals surface area (Å²) in [4.78, 5) is 82.3. The molecular weight excluding hydrogens is 989 g/mol. The smallest absolute Gasteiger partial charge is 0.336 e. The highest BCUT2D eigenvalue weighted by atomic mass is 16.5. The number of hydrogen-bond acceptors (Lipinski definition) is 15.